The van der Waals surface area contributed by atoms with Crippen molar-refractivity contribution in [2.24, 2.45) is 5.41 Å². The molecule has 2 aliphatic rings. The molecule has 0 saturated carbocycles. The number of halogens is 3. The van der Waals surface area contributed by atoms with E-state index in [1.54, 1.807) is 26.0 Å². The van der Waals surface area contributed by atoms with Crippen LogP contribution in [0.5, 0.6) is 0 Å². The molecule has 1 aliphatic heterocycles. The highest BCUT2D eigenvalue weighted by atomic mass is 19.4. The van der Waals surface area contributed by atoms with Crippen molar-refractivity contribution in [3.8, 4) is 0 Å². The molecule has 0 saturated heterocycles. The minimum Gasteiger partial charge on any atom is -0.487 e. The molecule has 1 amide bonds. The van der Waals surface area contributed by atoms with Gasteiger partial charge in [0, 0.05) is 35.6 Å². The highest BCUT2D eigenvalue weighted by molar-refractivity contribution is 6.00. The second kappa shape index (κ2) is 7.40. The van der Waals surface area contributed by atoms with Crippen molar-refractivity contribution in [1.29, 1.82) is 5.41 Å². The van der Waals surface area contributed by atoms with Crippen LogP contribution in [0.25, 0.3) is 0 Å². The summed E-state index contributed by atoms with van der Waals surface area (Å²) in [6.07, 6.45) is -0.183. The van der Waals surface area contributed by atoms with Crippen LogP contribution in [-0.4, -0.2) is 46.0 Å². The fourth-order valence-corrected chi connectivity index (χ4v) is 4.22. The SMILES string of the molecule is CC1=C(OCC(F)(F)F)[C@@](C=N)(C(C)N2Cc3c(ccnc3Nc3ccon3)C2=O)C1. The van der Waals surface area contributed by atoms with Gasteiger partial charge in [0.25, 0.3) is 5.91 Å². The maximum Gasteiger partial charge on any atom is 0.422 e. The first kappa shape index (κ1) is 20.9. The van der Waals surface area contributed by atoms with Crippen LogP contribution < -0.4 is 5.32 Å². The van der Waals surface area contributed by atoms with Gasteiger partial charge in [-0.15, -0.1) is 0 Å². The van der Waals surface area contributed by atoms with Gasteiger partial charge in [0.2, 0.25) is 0 Å². The van der Waals surface area contributed by atoms with Crippen LogP contribution in [0.1, 0.15) is 36.2 Å². The number of nitrogens with zero attached hydrogens (tertiary/aromatic N) is 3. The summed E-state index contributed by atoms with van der Waals surface area (Å²) in [6, 6.07) is 2.60. The maximum atomic E-state index is 13.1. The zero-order valence-electron chi connectivity index (χ0n) is 16.8. The van der Waals surface area contributed by atoms with Crippen LogP contribution in [0.4, 0.5) is 24.8 Å². The number of hydrogen-bond acceptors (Lipinski definition) is 7. The molecule has 2 aromatic heterocycles. The normalized spacial score (nSPS) is 21.6. The Kier molecular flexibility index (Phi) is 4.98. The number of rotatable bonds is 7. The molecule has 0 bridgehead atoms. The molecule has 0 spiro atoms. The minimum atomic E-state index is -4.49. The zero-order chi connectivity index (χ0) is 22.4. The Balaban J connectivity index is 1.59. The van der Waals surface area contributed by atoms with Crippen LogP contribution in [0, 0.1) is 10.8 Å². The lowest BCUT2D eigenvalue weighted by Gasteiger charge is -2.48. The number of alkyl halides is 3. The quantitative estimate of drug-likeness (QED) is 0.636. The summed E-state index contributed by atoms with van der Waals surface area (Å²) >= 11 is 0. The van der Waals surface area contributed by atoms with E-state index in [1.165, 1.54) is 17.4 Å². The zero-order valence-corrected chi connectivity index (χ0v) is 16.8. The molecule has 2 aromatic rings. The van der Waals surface area contributed by atoms with E-state index in [0.29, 0.717) is 34.8 Å². The highest BCUT2D eigenvalue weighted by Gasteiger charge is 2.53. The number of pyridine rings is 1. The molecule has 2 N–H and O–H groups in total. The Hall–Kier alpha value is -3.37. The van der Waals surface area contributed by atoms with Gasteiger partial charge >= 0.3 is 6.18 Å². The molecule has 1 aliphatic carbocycles. The van der Waals surface area contributed by atoms with Crippen molar-refractivity contribution in [2.75, 3.05) is 11.9 Å². The van der Waals surface area contributed by atoms with E-state index < -0.39 is 24.2 Å². The number of hydrogen-bond donors (Lipinski definition) is 2. The van der Waals surface area contributed by atoms with Crippen LogP contribution in [0.15, 0.2) is 40.4 Å². The van der Waals surface area contributed by atoms with Crippen LogP contribution in [0.2, 0.25) is 0 Å². The molecule has 31 heavy (non-hydrogen) atoms. The molecule has 1 unspecified atom stereocenters. The second-order valence-electron chi connectivity index (χ2n) is 7.68. The summed E-state index contributed by atoms with van der Waals surface area (Å²) in [5.74, 6) is 0.688. The predicted octanol–water partition coefficient (Wildman–Crippen LogP) is 4.05. The van der Waals surface area contributed by atoms with Gasteiger partial charge < -0.3 is 24.9 Å². The standard InChI is InChI=1S/C20H20F3N5O3/c1-11-7-19(9-24,16(11)30-10-20(21,22)23)12(2)28-8-14-13(18(28)29)3-5-25-17(14)26-15-4-6-31-27-15/h3-6,9,12,24H,7-8,10H2,1-2H3,(H,25,26,27)/t12?,19-/m0/s1. The van der Waals surface area contributed by atoms with Crippen molar-refractivity contribution in [3.63, 3.8) is 0 Å². The Morgan fingerprint density at radius 1 is 1.45 bits per heavy atom. The molecule has 11 heteroatoms. The number of carbonyl (C=O) groups is 1. The van der Waals surface area contributed by atoms with E-state index in [1.807, 2.05) is 0 Å². The molecular formula is C20H20F3N5O3. The number of ether oxygens (including phenoxy) is 1. The number of allylic oxidation sites excluding steroid dienone is 1. The molecule has 0 aromatic carbocycles. The number of nitrogens with one attached hydrogen (secondary N) is 2. The number of carbonyl (C=O) groups excluding carboxylic acids is 1. The first-order valence-electron chi connectivity index (χ1n) is 9.54. The van der Waals surface area contributed by atoms with Crippen molar-refractivity contribution in [2.45, 2.75) is 39.0 Å². The van der Waals surface area contributed by atoms with E-state index in [2.05, 4.69) is 15.5 Å². The van der Waals surface area contributed by atoms with Crippen molar-refractivity contribution in [1.82, 2.24) is 15.0 Å². The van der Waals surface area contributed by atoms with Crippen LogP contribution in [0.3, 0.4) is 0 Å². The summed E-state index contributed by atoms with van der Waals surface area (Å²) in [4.78, 5) is 18.9. The fourth-order valence-electron chi connectivity index (χ4n) is 4.22. The van der Waals surface area contributed by atoms with Gasteiger partial charge in [-0.25, -0.2) is 4.98 Å². The summed E-state index contributed by atoms with van der Waals surface area (Å²) in [6.45, 7) is 2.14. The summed E-state index contributed by atoms with van der Waals surface area (Å²) < 4.78 is 48.0. The van der Waals surface area contributed by atoms with Crippen molar-refractivity contribution < 1.29 is 27.2 Å². The lowest BCUT2D eigenvalue weighted by atomic mass is 9.65. The average molecular weight is 435 g/mol. The largest absolute Gasteiger partial charge is 0.487 e. The second-order valence-corrected chi connectivity index (χ2v) is 7.68. The molecular weight excluding hydrogens is 415 g/mol. The molecule has 8 nitrogen and oxygen atoms in total. The molecule has 3 heterocycles. The minimum absolute atomic E-state index is 0.107. The van der Waals surface area contributed by atoms with E-state index in [-0.39, 0.29) is 18.2 Å². The molecule has 4 rings (SSSR count). The topological polar surface area (TPSA) is 104 Å². The predicted molar refractivity (Wildman–Crippen MR) is 104 cm³/mol. The van der Waals surface area contributed by atoms with Crippen LogP contribution in [-0.2, 0) is 11.3 Å². The summed E-state index contributed by atoms with van der Waals surface area (Å²) in [7, 11) is 0. The molecule has 0 radical (unpaired) electrons. The Bertz CT molecular complexity index is 1050. The van der Waals surface area contributed by atoms with E-state index in [4.69, 9.17) is 14.7 Å². The van der Waals surface area contributed by atoms with Gasteiger partial charge in [0.1, 0.15) is 17.8 Å². The Morgan fingerprint density at radius 3 is 2.84 bits per heavy atom. The van der Waals surface area contributed by atoms with E-state index in [0.717, 1.165) is 6.21 Å². The summed E-state index contributed by atoms with van der Waals surface area (Å²) in [5, 5.41) is 14.7. The molecule has 2 atom stereocenters. The van der Waals surface area contributed by atoms with Gasteiger partial charge in [-0.05, 0) is 31.9 Å². The van der Waals surface area contributed by atoms with Crippen molar-refractivity contribution >= 4 is 23.8 Å². The van der Waals surface area contributed by atoms with E-state index >= 15 is 0 Å². The molecule has 164 valence electrons. The summed E-state index contributed by atoms with van der Waals surface area (Å²) in [5.41, 5.74) is 0.602. The lowest BCUT2D eigenvalue weighted by Crippen LogP contribution is -2.53. The third kappa shape index (κ3) is 3.53. The fraction of sp³-hybridized carbons (Fsp3) is 0.400. The van der Waals surface area contributed by atoms with Gasteiger partial charge in [0.15, 0.2) is 12.4 Å². The third-order valence-electron chi connectivity index (χ3n) is 5.78. The smallest absolute Gasteiger partial charge is 0.422 e. The monoisotopic (exact) mass is 435 g/mol. The number of amides is 1. The lowest BCUT2D eigenvalue weighted by molar-refractivity contribution is -0.170. The van der Waals surface area contributed by atoms with Crippen LogP contribution >= 0.6 is 0 Å². The average Bonchev–Trinajstić information content (AvgIpc) is 3.33. The molecule has 0 fully saturated rings. The highest BCUT2D eigenvalue weighted by Crippen LogP contribution is 2.51. The Labute approximate surface area is 175 Å². The van der Waals surface area contributed by atoms with Gasteiger partial charge in [-0.3, -0.25) is 4.79 Å². The van der Waals surface area contributed by atoms with Crippen molar-refractivity contribution in [3.05, 3.63) is 47.1 Å². The first-order chi connectivity index (χ1) is 14.7. The van der Waals surface area contributed by atoms with Gasteiger partial charge in [0.05, 0.1) is 12.0 Å². The van der Waals surface area contributed by atoms with Gasteiger partial charge in [-0.2, -0.15) is 13.2 Å². The van der Waals surface area contributed by atoms with E-state index in [9.17, 15) is 18.0 Å². The van der Waals surface area contributed by atoms with Gasteiger partial charge in [-0.1, -0.05) is 5.16 Å². The number of aromatic nitrogens is 2. The number of anilines is 2. The first-order valence-corrected chi connectivity index (χ1v) is 9.54. The Morgan fingerprint density at radius 2 is 2.23 bits per heavy atom. The number of fused-ring (bicyclic) bond motifs is 1. The third-order valence-corrected chi connectivity index (χ3v) is 5.78. The maximum absolute atomic E-state index is 13.1.